The Morgan fingerprint density at radius 2 is 2.14 bits per heavy atom. The van der Waals surface area contributed by atoms with Gasteiger partial charge < -0.3 is 9.47 Å². The van der Waals surface area contributed by atoms with Gasteiger partial charge in [0, 0.05) is 13.2 Å². The van der Waals surface area contributed by atoms with Gasteiger partial charge in [-0.25, -0.2) is 0 Å². The van der Waals surface area contributed by atoms with E-state index >= 15 is 0 Å². The highest BCUT2D eigenvalue weighted by atomic mass is 32.2. The second kappa shape index (κ2) is 8.73. The van der Waals surface area contributed by atoms with Crippen molar-refractivity contribution in [3.8, 4) is 0 Å². The van der Waals surface area contributed by atoms with E-state index in [2.05, 4.69) is 31.0 Å². The number of ether oxygens (including phenoxy) is 2. The molecule has 2 aliphatic rings. The first-order valence-corrected chi connectivity index (χ1v) is 9.69. The van der Waals surface area contributed by atoms with Crippen molar-refractivity contribution in [2.24, 2.45) is 11.8 Å². The normalized spacial score (nSPS) is 28.4. The van der Waals surface area contributed by atoms with Crippen molar-refractivity contribution in [3.05, 3.63) is 0 Å². The molecular formula is C16H32N2O2S. The second-order valence-electron chi connectivity index (χ2n) is 6.37. The molecule has 2 aliphatic heterocycles. The molecule has 3 unspecified atom stereocenters. The summed E-state index contributed by atoms with van der Waals surface area (Å²) in [5.41, 5.74) is 3.20. The molecule has 21 heavy (non-hydrogen) atoms. The lowest BCUT2D eigenvalue weighted by Gasteiger charge is -2.46. The molecule has 0 amide bonds. The minimum atomic E-state index is 0.117. The molecule has 1 spiro atoms. The molecule has 0 bridgehead atoms. The smallest absolute Gasteiger partial charge is 0.0743 e. The van der Waals surface area contributed by atoms with Crippen molar-refractivity contribution in [1.82, 2.24) is 5.43 Å². The van der Waals surface area contributed by atoms with E-state index in [1.807, 2.05) is 0 Å². The quantitative estimate of drug-likeness (QED) is 0.559. The number of hydrogen-bond donors (Lipinski definition) is 2. The molecule has 0 aromatic rings. The Morgan fingerprint density at radius 3 is 2.76 bits per heavy atom. The van der Waals surface area contributed by atoms with Crippen LogP contribution >= 0.6 is 11.8 Å². The number of nitrogens with one attached hydrogen (secondary N) is 1. The van der Waals surface area contributed by atoms with E-state index in [0.717, 1.165) is 38.9 Å². The lowest BCUT2D eigenvalue weighted by molar-refractivity contribution is -0.117. The van der Waals surface area contributed by atoms with Crippen LogP contribution in [-0.4, -0.2) is 42.5 Å². The molecular weight excluding hydrogens is 284 g/mol. The average molecular weight is 317 g/mol. The Morgan fingerprint density at radius 1 is 1.38 bits per heavy atom. The van der Waals surface area contributed by atoms with Gasteiger partial charge in [0.25, 0.3) is 0 Å². The van der Waals surface area contributed by atoms with E-state index in [0.29, 0.717) is 5.92 Å². The highest BCUT2D eigenvalue weighted by Crippen LogP contribution is 2.41. The van der Waals surface area contributed by atoms with Gasteiger partial charge in [-0.3, -0.25) is 11.3 Å². The largest absolute Gasteiger partial charge is 0.377 e. The SMILES string of the molecule is CCCC(OCC)C(NN)C1CCOC2(CCSCC2)C1. The van der Waals surface area contributed by atoms with Crippen LogP contribution in [-0.2, 0) is 9.47 Å². The summed E-state index contributed by atoms with van der Waals surface area (Å²) in [6.45, 7) is 5.91. The maximum Gasteiger partial charge on any atom is 0.0743 e. The topological polar surface area (TPSA) is 56.5 Å². The molecule has 124 valence electrons. The third-order valence-corrected chi connectivity index (χ3v) is 5.98. The highest BCUT2D eigenvalue weighted by Gasteiger charge is 2.42. The number of nitrogens with two attached hydrogens (primary N) is 1. The van der Waals surface area contributed by atoms with Crippen molar-refractivity contribution in [2.45, 2.75) is 70.1 Å². The fourth-order valence-corrected chi connectivity index (χ4v) is 5.11. The first-order valence-electron chi connectivity index (χ1n) is 8.54. The van der Waals surface area contributed by atoms with Gasteiger partial charge in [0.05, 0.1) is 17.7 Å². The van der Waals surface area contributed by atoms with Crippen molar-refractivity contribution in [3.63, 3.8) is 0 Å². The zero-order valence-corrected chi connectivity index (χ0v) is 14.4. The summed E-state index contributed by atoms with van der Waals surface area (Å²) in [6, 6.07) is 0.250. The summed E-state index contributed by atoms with van der Waals surface area (Å²) in [4.78, 5) is 0. The molecule has 0 saturated carbocycles. The molecule has 0 aromatic heterocycles. The van der Waals surface area contributed by atoms with Crippen LogP contribution in [0.3, 0.4) is 0 Å². The van der Waals surface area contributed by atoms with Crippen molar-refractivity contribution in [1.29, 1.82) is 0 Å². The number of thioether (sulfide) groups is 1. The molecule has 5 heteroatoms. The maximum absolute atomic E-state index is 6.21. The summed E-state index contributed by atoms with van der Waals surface area (Å²) in [7, 11) is 0. The minimum Gasteiger partial charge on any atom is -0.377 e. The fraction of sp³-hybridized carbons (Fsp3) is 1.00. The van der Waals surface area contributed by atoms with Crippen molar-refractivity contribution >= 4 is 11.8 Å². The van der Waals surface area contributed by atoms with Crippen LogP contribution in [0.4, 0.5) is 0 Å². The Kier molecular flexibility index (Phi) is 7.29. The molecule has 2 saturated heterocycles. The van der Waals surface area contributed by atoms with E-state index in [9.17, 15) is 0 Å². The first-order chi connectivity index (χ1) is 10.2. The van der Waals surface area contributed by atoms with Gasteiger partial charge in [-0.2, -0.15) is 11.8 Å². The van der Waals surface area contributed by atoms with E-state index < -0.39 is 0 Å². The number of rotatable bonds is 7. The molecule has 2 fully saturated rings. The minimum absolute atomic E-state index is 0.117. The summed E-state index contributed by atoms with van der Waals surface area (Å²) >= 11 is 2.06. The van der Waals surface area contributed by atoms with Crippen molar-refractivity contribution in [2.75, 3.05) is 24.7 Å². The molecule has 3 N–H and O–H groups in total. The molecule has 2 rings (SSSR count). The van der Waals surface area contributed by atoms with E-state index in [1.165, 1.54) is 24.3 Å². The fourth-order valence-electron chi connectivity index (χ4n) is 3.88. The van der Waals surface area contributed by atoms with Crippen LogP contribution in [0.15, 0.2) is 0 Å². The Bertz CT molecular complexity index is 286. The van der Waals surface area contributed by atoms with Crippen molar-refractivity contribution < 1.29 is 9.47 Å². The highest BCUT2D eigenvalue weighted by molar-refractivity contribution is 7.99. The number of hydrazine groups is 1. The Hall–Kier alpha value is 0.190. The van der Waals surface area contributed by atoms with Gasteiger partial charge in [-0.15, -0.1) is 0 Å². The predicted molar refractivity (Wildman–Crippen MR) is 89.4 cm³/mol. The zero-order valence-electron chi connectivity index (χ0n) is 13.6. The molecule has 0 radical (unpaired) electrons. The Labute approximate surface area is 133 Å². The van der Waals surface area contributed by atoms with Crippen LogP contribution in [0, 0.1) is 5.92 Å². The third kappa shape index (κ3) is 4.58. The summed E-state index contributed by atoms with van der Waals surface area (Å²) < 4.78 is 12.2. The molecule has 3 atom stereocenters. The lowest BCUT2D eigenvalue weighted by atomic mass is 9.77. The molecule has 0 aliphatic carbocycles. The lowest BCUT2D eigenvalue weighted by Crippen LogP contribution is -2.54. The van der Waals surface area contributed by atoms with Gasteiger partial charge in [-0.05, 0) is 56.5 Å². The van der Waals surface area contributed by atoms with Gasteiger partial charge in [0.1, 0.15) is 0 Å². The summed E-state index contributed by atoms with van der Waals surface area (Å²) in [6.07, 6.45) is 7.05. The standard InChI is InChI=1S/C16H32N2O2S/c1-3-5-14(19-4-2)15(18-17)13-6-9-20-16(12-13)7-10-21-11-8-16/h13-15,18H,3-12,17H2,1-2H3. The van der Waals surface area contributed by atoms with Gasteiger partial charge in [-0.1, -0.05) is 13.3 Å². The summed E-state index contributed by atoms with van der Waals surface area (Å²) in [5.74, 6) is 8.94. The Balaban J connectivity index is 2.02. The average Bonchev–Trinajstić information content (AvgIpc) is 2.49. The molecule has 4 nitrogen and oxygen atoms in total. The van der Waals surface area contributed by atoms with E-state index in [1.54, 1.807) is 0 Å². The third-order valence-electron chi connectivity index (χ3n) is 4.99. The zero-order chi connectivity index (χ0) is 15.1. The summed E-state index contributed by atoms with van der Waals surface area (Å²) in [5, 5.41) is 0. The predicted octanol–water partition coefficient (Wildman–Crippen LogP) is 2.72. The molecule has 2 heterocycles. The van der Waals surface area contributed by atoms with Crippen LogP contribution in [0.5, 0.6) is 0 Å². The first kappa shape index (κ1) is 17.5. The van der Waals surface area contributed by atoms with E-state index in [4.69, 9.17) is 15.3 Å². The van der Waals surface area contributed by atoms with Gasteiger partial charge in [0.15, 0.2) is 0 Å². The monoisotopic (exact) mass is 316 g/mol. The van der Waals surface area contributed by atoms with Crippen LogP contribution in [0.2, 0.25) is 0 Å². The van der Waals surface area contributed by atoms with Gasteiger partial charge in [0.2, 0.25) is 0 Å². The van der Waals surface area contributed by atoms with Gasteiger partial charge >= 0.3 is 0 Å². The second-order valence-corrected chi connectivity index (χ2v) is 7.60. The number of hydrogen-bond acceptors (Lipinski definition) is 5. The van der Waals surface area contributed by atoms with Crippen LogP contribution in [0.25, 0.3) is 0 Å². The van der Waals surface area contributed by atoms with Crippen LogP contribution < -0.4 is 11.3 Å². The van der Waals surface area contributed by atoms with E-state index in [-0.39, 0.29) is 17.7 Å². The van der Waals surface area contributed by atoms with Crippen LogP contribution in [0.1, 0.15) is 52.4 Å². The molecule has 0 aromatic carbocycles. The maximum atomic E-state index is 6.21.